The lowest BCUT2D eigenvalue weighted by Crippen LogP contribution is -2.40. The average molecular weight is 585 g/mol. The van der Waals surface area contributed by atoms with Crippen LogP contribution in [-0.4, -0.2) is 57.7 Å². The van der Waals surface area contributed by atoms with Crippen molar-refractivity contribution in [1.29, 1.82) is 0 Å². The van der Waals surface area contributed by atoms with Crippen molar-refractivity contribution in [2.45, 2.75) is 62.5 Å². The smallest absolute Gasteiger partial charge is 0.368 e. The number of halogens is 7. The molecule has 2 saturated heterocycles. The number of benzene rings is 2. The molecule has 220 valence electrons. The Labute approximate surface area is 231 Å². The second kappa shape index (κ2) is 10.8. The van der Waals surface area contributed by atoms with Gasteiger partial charge in [0.2, 0.25) is 5.91 Å². The molecule has 0 radical (unpaired) electrons. The summed E-state index contributed by atoms with van der Waals surface area (Å²) in [5.41, 5.74) is -1.61. The zero-order valence-corrected chi connectivity index (χ0v) is 22.0. The highest BCUT2D eigenvalue weighted by atomic mass is 19.4. The third kappa shape index (κ3) is 5.96. The van der Waals surface area contributed by atoms with Crippen molar-refractivity contribution in [2.24, 2.45) is 0 Å². The molecule has 3 heterocycles. The van der Waals surface area contributed by atoms with E-state index in [1.54, 1.807) is 29.4 Å². The lowest BCUT2D eigenvalue weighted by molar-refractivity contribution is -0.143. The molecule has 1 N–H and O–H groups in total. The number of alkyl halides is 6. The minimum Gasteiger partial charge on any atom is -0.368 e. The molecule has 2 unspecified atom stereocenters. The third-order valence-electron chi connectivity index (χ3n) is 7.86. The van der Waals surface area contributed by atoms with E-state index in [0.717, 1.165) is 5.56 Å². The van der Waals surface area contributed by atoms with Crippen molar-refractivity contribution < 1.29 is 40.3 Å². The van der Waals surface area contributed by atoms with Crippen LogP contribution < -0.4 is 0 Å². The summed E-state index contributed by atoms with van der Waals surface area (Å²) in [6.07, 6.45) is -8.12. The zero-order valence-electron chi connectivity index (χ0n) is 22.0. The summed E-state index contributed by atoms with van der Waals surface area (Å²) in [7, 11) is 1.81. The number of aromatic nitrogens is 2. The lowest BCUT2D eigenvalue weighted by atomic mass is 9.87. The highest BCUT2D eigenvalue weighted by molar-refractivity contribution is 5.85. The molecule has 0 spiro atoms. The fraction of sp³-hybridized carbons (Fsp3) is 0.429. The van der Waals surface area contributed by atoms with E-state index in [-0.39, 0.29) is 30.1 Å². The number of likely N-dealkylation sites (N-methyl/N-ethyl adjacent to an activating group) is 1. The van der Waals surface area contributed by atoms with Gasteiger partial charge in [-0.1, -0.05) is 12.1 Å². The maximum absolute atomic E-state index is 13.8. The van der Waals surface area contributed by atoms with Gasteiger partial charge in [-0.2, -0.15) is 31.4 Å². The maximum atomic E-state index is 13.8. The molecule has 3 aromatic rings. The summed E-state index contributed by atoms with van der Waals surface area (Å²) >= 11 is 0. The number of hydrogen-bond acceptors (Lipinski definition) is 4. The number of nitrogens with zero attached hydrogens (tertiary/aromatic N) is 3. The Morgan fingerprint density at radius 1 is 1.07 bits per heavy atom. The van der Waals surface area contributed by atoms with Gasteiger partial charge in [0.1, 0.15) is 5.82 Å². The van der Waals surface area contributed by atoms with Crippen molar-refractivity contribution >= 4 is 5.91 Å². The molecule has 41 heavy (non-hydrogen) atoms. The van der Waals surface area contributed by atoms with Crippen LogP contribution in [0, 0.1) is 5.82 Å². The molecule has 5 atom stereocenters. The monoisotopic (exact) mass is 584 g/mol. The molecule has 2 fully saturated rings. The Hall–Kier alpha value is -3.45. The number of hydrogen-bond donors (Lipinski definition) is 1. The molecular weight excluding hydrogens is 557 g/mol. The Balaban J connectivity index is 1.43. The molecule has 2 aliphatic heterocycles. The summed E-state index contributed by atoms with van der Waals surface area (Å²) in [4.78, 5) is 17.0. The van der Waals surface area contributed by atoms with Gasteiger partial charge in [-0.05, 0) is 61.9 Å². The molecule has 0 bridgehead atoms. The Morgan fingerprint density at radius 2 is 1.71 bits per heavy atom. The number of amides is 1. The highest BCUT2D eigenvalue weighted by Crippen LogP contribution is 2.45. The fourth-order valence-electron chi connectivity index (χ4n) is 5.87. The van der Waals surface area contributed by atoms with Crippen molar-refractivity contribution in [3.63, 3.8) is 0 Å². The van der Waals surface area contributed by atoms with Crippen molar-refractivity contribution in [3.05, 3.63) is 88.5 Å². The molecule has 6 nitrogen and oxygen atoms in total. The number of ether oxygens (including phenoxy) is 1. The van der Waals surface area contributed by atoms with E-state index in [1.165, 1.54) is 19.1 Å². The van der Waals surface area contributed by atoms with Crippen LogP contribution in [0.15, 0.2) is 54.9 Å². The first kappa shape index (κ1) is 29.1. The molecule has 0 aliphatic carbocycles. The molecule has 1 amide bonds. The molecule has 13 heteroatoms. The highest BCUT2D eigenvalue weighted by Gasteiger charge is 2.53. The SMILES string of the molecule is C[C@@H](O[C@H]1CN2C(=O)C(N(C)Cc3cn[nH]c3)CC2[C@@H]1c1ccc(F)cc1)c1cc(C(F)(F)F)cc(C(F)(F)F)c1. The van der Waals surface area contributed by atoms with Gasteiger partial charge >= 0.3 is 12.4 Å². The van der Waals surface area contributed by atoms with Gasteiger partial charge in [0.25, 0.3) is 0 Å². The molecule has 5 rings (SSSR count). The van der Waals surface area contributed by atoms with Crippen LogP contribution in [0.1, 0.15) is 53.2 Å². The number of nitrogens with one attached hydrogen (secondary N) is 1. The fourth-order valence-corrected chi connectivity index (χ4v) is 5.87. The second-order valence-electron chi connectivity index (χ2n) is 10.6. The quantitative estimate of drug-likeness (QED) is 0.350. The van der Waals surface area contributed by atoms with E-state index >= 15 is 0 Å². The second-order valence-corrected chi connectivity index (χ2v) is 10.6. The number of aromatic amines is 1. The lowest BCUT2D eigenvalue weighted by Gasteiger charge is -2.28. The van der Waals surface area contributed by atoms with Crippen LogP contribution in [0.3, 0.4) is 0 Å². The minimum absolute atomic E-state index is 0.0715. The summed E-state index contributed by atoms with van der Waals surface area (Å²) in [5.74, 6) is -1.12. The Kier molecular flexibility index (Phi) is 7.62. The maximum Gasteiger partial charge on any atom is 0.416 e. The van der Waals surface area contributed by atoms with Crippen LogP contribution in [0.5, 0.6) is 0 Å². The molecular formula is C28H27F7N4O2. The van der Waals surface area contributed by atoms with Crippen LogP contribution in [-0.2, 0) is 28.4 Å². The molecule has 2 aromatic carbocycles. The predicted molar refractivity (Wildman–Crippen MR) is 133 cm³/mol. The largest absolute Gasteiger partial charge is 0.416 e. The van der Waals surface area contributed by atoms with Gasteiger partial charge in [-0.3, -0.25) is 14.8 Å². The van der Waals surface area contributed by atoms with Crippen molar-refractivity contribution in [1.82, 2.24) is 20.0 Å². The molecule has 1 aromatic heterocycles. The standard InChI is InChI=1S/C28H27F7N4O2/c1-15(18-7-19(27(30,31)32)9-20(8-18)28(33,34)35)41-24-14-39-22(25(24)17-3-5-21(29)6-4-17)10-23(26(39)40)38(2)13-16-11-36-37-12-16/h3-9,11-12,15,22-25H,10,13-14H2,1-2H3,(H,36,37)/t15-,22?,23?,24+,25+/m1/s1. The molecule has 2 aliphatic rings. The number of H-pyrrole nitrogens is 1. The van der Waals surface area contributed by atoms with Gasteiger partial charge in [-0.25, -0.2) is 4.39 Å². The van der Waals surface area contributed by atoms with Crippen LogP contribution in [0.2, 0.25) is 0 Å². The van der Waals surface area contributed by atoms with Gasteiger partial charge < -0.3 is 9.64 Å². The summed E-state index contributed by atoms with van der Waals surface area (Å²) in [5, 5.41) is 6.64. The van der Waals surface area contributed by atoms with E-state index in [1.807, 2.05) is 11.9 Å². The van der Waals surface area contributed by atoms with Gasteiger partial charge in [-0.15, -0.1) is 0 Å². The first-order chi connectivity index (χ1) is 19.2. The van der Waals surface area contributed by atoms with Crippen LogP contribution in [0.25, 0.3) is 0 Å². The minimum atomic E-state index is -4.99. The molecule has 0 saturated carbocycles. The number of rotatable bonds is 7. The first-order valence-electron chi connectivity index (χ1n) is 12.9. The van der Waals surface area contributed by atoms with Gasteiger partial charge in [0.05, 0.1) is 35.6 Å². The predicted octanol–water partition coefficient (Wildman–Crippen LogP) is 5.93. The third-order valence-corrected chi connectivity index (χ3v) is 7.86. The number of carbonyl (C=O) groups excluding carboxylic acids is 1. The number of fused-ring (bicyclic) bond motifs is 1. The normalized spacial score (nSPS) is 23.9. The van der Waals surface area contributed by atoms with E-state index in [9.17, 15) is 35.5 Å². The summed E-state index contributed by atoms with van der Waals surface area (Å²) in [6.45, 7) is 1.92. The van der Waals surface area contributed by atoms with Crippen LogP contribution in [0.4, 0.5) is 30.7 Å². The first-order valence-corrected chi connectivity index (χ1v) is 12.9. The van der Waals surface area contributed by atoms with E-state index < -0.39 is 53.5 Å². The number of carbonyl (C=O) groups is 1. The van der Waals surface area contributed by atoms with E-state index in [4.69, 9.17) is 4.74 Å². The Morgan fingerprint density at radius 3 is 2.27 bits per heavy atom. The van der Waals surface area contributed by atoms with Crippen molar-refractivity contribution in [2.75, 3.05) is 13.6 Å². The summed E-state index contributed by atoms with van der Waals surface area (Å²) in [6, 6.07) is 6.18. The average Bonchev–Trinajstić information content (AvgIpc) is 3.61. The summed E-state index contributed by atoms with van der Waals surface area (Å²) < 4.78 is 101. The van der Waals surface area contributed by atoms with E-state index in [2.05, 4.69) is 10.2 Å². The van der Waals surface area contributed by atoms with E-state index in [0.29, 0.717) is 30.7 Å². The zero-order chi connectivity index (χ0) is 29.7. The van der Waals surface area contributed by atoms with Gasteiger partial charge in [0, 0.05) is 36.8 Å². The topological polar surface area (TPSA) is 61.5 Å². The van der Waals surface area contributed by atoms with Crippen molar-refractivity contribution in [3.8, 4) is 0 Å². The van der Waals surface area contributed by atoms with Gasteiger partial charge in [0.15, 0.2) is 0 Å². The Bertz CT molecular complexity index is 1340. The van der Waals surface area contributed by atoms with Crippen LogP contribution >= 0.6 is 0 Å².